The molecule has 1 aliphatic heterocycles. The van der Waals surface area contributed by atoms with E-state index in [0.717, 1.165) is 0 Å². The molecule has 1 unspecified atom stereocenters. The number of hydrogen-bond acceptors (Lipinski definition) is 3. The molecule has 1 aliphatic rings. The molecule has 1 atom stereocenters. The van der Waals surface area contributed by atoms with Crippen LogP contribution in [0.25, 0.3) is 0 Å². The van der Waals surface area contributed by atoms with Gasteiger partial charge in [0, 0.05) is 0 Å². The molecular weight excluding hydrogens is 235 g/mol. The molecule has 1 fully saturated rings. The summed E-state index contributed by atoms with van der Waals surface area (Å²) in [6, 6.07) is 0. The van der Waals surface area contributed by atoms with Gasteiger partial charge in [0.1, 0.15) is 0 Å². The Kier molecular flexibility index (Phi) is 1.95. The first-order valence-electron chi connectivity index (χ1n) is 2.55. The van der Waals surface area contributed by atoms with E-state index in [2.05, 4.69) is 4.74 Å². The predicted octanol–water partition coefficient (Wildman–Crippen LogP) is -3.66. The van der Waals surface area contributed by atoms with Gasteiger partial charge in [-0.15, -0.1) is 0 Å². The van der Waals surface area contributed by atoms with Crippen LogP contribution in [0.1, 0.15) is 6.42 Å². The maximum absolute atomic E-state index is 10.5. The van der Waals surface area contributed by atoms with Crippen molar-refractivity contribution in [2.45, 2.75) is 10.0 Å². The molecule has 0 aromatic carbocycles. The molecule has 54 valence electrons. The summed E-state index contributed by atoms with van der Waals surface area (Å²) in [5.74, 6) is -0.265. The van der Waals surface area contributed by atoms with Gasteiger partial charge in [0.05, 0.1) is 0 Å². The minimum absolute atomic E-state index is 0.205. The number of esters is 1. The van der Waals surface area contributed by atoms with Gasteiger partial charge in [-0.2, -0.15) is 0 Å². The Hall–Kier alpha value is 0.160. The van der Waals surface area contributed by atoms with Crippen molar-refractivity contribution in [3.05, 3.63) is 0 Å². The first kappa shape index (κ1) is 7.27. The summed E-state index contributed by atoms with van der Waals surface area (Å²) in [4.78, 5) is 12.4. The summed E-state index contributed by atoms with van der Waals surface area (Å²) in [7, 11) is 0. The van der Waals surface area contributed by atoms with Crippen molar-refractivity contribution >= 4 is 5.97 Å². The van der Waals surface area contributed by atoms with Gasteiger partial charge in [-0.1, -0.05) is 0 Å². The van der Waals surface area contributed by atoms with Crippen LogP contribution in [0, 0.1) is 0 Å². The number of halogens is 1. The number of carbonyl (C=O) groups excluding carboxylic acids is 1. The summed E-state index contributed by atoms with van der Waals surface area (Å²) < 4.78 is 3.84. The fraction of sp³-hybridized carbons (Fsp3) is 0.800. The number of alkyl halides is 2. The van der Waals surface area contributed by atoms with Gasteiger partial charge in [0.25, 0.3) is 0 Å². The third-order valence-electron chi connectivity index (χ3n) is 1.22. The zero-order valence-corrected chi connectivity index (χ0v) is 7.21. The Morgan fingerprint density at radius 1 is 1.89 bits per heavy atom. The van der Waals surface area contributed by atoms with Gasteiger partial charge >= 0.3 is 63.4 Å². The van der Waals surface area contributed by atoms with Crippen LogP contribution in [0.15, 0.2) is 0 Å². The summed E-state index contributed by atoms with van der Waals surface area (Å²) in [6.45, 7) is 0.218. The van der Waals surface area contributed by atoms with E-state index in [9.17, 15) is 9.90 Å². The second-order valence-corrected chi connectivity index (χ2v) is 5.03. The van der Waals surface area contributed by atoms with E-state index < -0.39 is 3.61 Å². The van der Waals surface area contributed by atoms with Crippen molar-refractivity contribution in [1.29, 1.82) is 0 Å². The van der Waals surface area contributed by atoms with E-state index in [4.69, 9.17) is 0 Å². The summed E-state index contributed by atoms with van der Waals surface area (Å²) in [5.41, 5.74) is 0. The van der Waals surface area contributed by atoms with Crippen LogP contribution < -0.4 is 21.2 Å². The summed E-state index contributed by atoms with van der Waals surface area (Å²) >= 11 is -0.297. The van der Waals surface area contributed by atoms with E-state index in [0.29, 0.717) is 0 Å². The normalized spacial score (nSPS) is 35.1. The molecule has 0 spiro atoms. The van der Waals surface area contributed by atoms with Crippen LogP contribution in [0.5, 0.6) is 0 Å². The van der Waals surface area contributed by atoms with Crippen molar-refractivity contribution < 1.29 is 35.8 Å². The van der Waals surface area contributed by atoms with E-state index in [1.165, 1.54) is 0 Å². The molecule has 0 aromatic heterocycles. The number of ether oxygens (including phenoxy) is 1. The van der Waals surface area contributed by atoms with Crippen LogP contribution in [0.2, 0.25) is 0 Å². The van der Waals surface area contributed by atoms with Crippen LogP contribution in [-0.4, -0.2) is 26.2 Å². The SMILES string of the molecule is C[I-]C1(O)COC(=O)C1. The fourth-order valence-corrected chi connectivity index (χ4v) is 1.80. The minimum atomic E-state index is -0.754. The van der Waals surface area contributed by atoms with Crippen molar-refractivity contribution in [3.8, 4) is 0 Å². The molecule has 0 radical (unpaired) electrons. The molecule has 4 heteroatoms. The van der Waals surface area contributed by atoms with E-state index in [1.807, 2.05) is 4.93 Å². The van der Waals surface area contributed by atoms with E-state index in [-0.39, 0.29) is 40.2 Å². The summed E-state index contributed by atoms with van der Waals surface area (Å²) in [5, 5.41) is 9.37. The number of hydrogen-bond donors (Lipinski definition) is 1. The average Bonchev–Trinajstić information content (AvgIpc) is 2.13. The Labute approximate surface area is 63.6 Å². The van der Waals surface area contributed by atoms with Gasteiger partial charge in [-0.25, -0.2) is 0 Å². The van der Waals surface area contributed by atoms with Crippen molar-refractivity contribution in [3.63, 3.8) is 0 Å². The molecule has 0 aliphatic carbocycles. The zero-order valence-electron chi connectivity index (χ0n) is 5.06. The summed E-state index contributed by atoms with van der Waals surface area (Å²) in [6.07, 6.45) is 0.205. The Morgan fingerprint density at radius 2 is 2.56 bits per heavy atom. The van der Waals surface area contributed by atoms with Crippen LogP contribution >= 0.6 is 0 Å². The standard InChI is InChI=1S/C5H8IO3/c1-6-5(8)2-4(7)9-3-5/h8H,2-3H2,1H3/q-1. The molecule has 1 rings (SSSR count). The topological polar surface area (TPSA) is 46.5 Å². The Balaban J connectivity index is 2.54. The monoisotopic (exact) mass is 243 g/mol. The van der Waals surface area contributed by atoms with E-state index >= 15 is 0 Å². The molecule has 1 saturated heterocycles. The molecule has 3 nitrogen and oxygen atoms in total. The fourth-order valence-electron chi connectivity index (χ4n) is 0.636. The quantitative estimate of drug-likeness (QED) is 0.293. The molecule has 9 heavy (non-hydrogen) atoms. The third-order valence-corrected chi connectivity index (χ3v) is 3.92. The van der Waals surface area contributed by atoms with Gasteiger partial charge in [-0.3, -0.25) is 0 Å². The molecule has 1 heterocycles. The van der Waals surface area contributed by atoms with Crippen molar-refractivity contribution in [2.24, 2.45) is 0 Å². The van der Waals surface area contributed by atoms with Crippen molar-refractivity contribution in [2.75, 3.05) is 11.5 Å². The first-order chi connectivity index (χ1) is 4.16. The van der Waals surface area contributed by atoms with E-state index in [1.54, 1.807) is 0 Å². The van der Waals surface area contributed by atoms with Crippen LogP contribution in [0.4, 0.5) is 0 Å². The Bertz CT molecular complexity index is 136. The second-order valence-electron chi connectivity index (χ2n) is 1.94. The molecular formula is C5H8IO3-. The molecule has 0 aromatic rings. The number of cyclic esters (lactones) is 1. The van der Waals surface area contributed by atoms with Gasteiger partial charge in [0.15, 0.2) is 0 Å². The molecule has 0 amide bonds. The number of rotatable bonds is 1. The average molecular weight is 243 g/mol. The van der Waals surface area contributed by atoms with Crippen molar-refractivity contribution in [1.82, 2.24) is 0 Å². The van der Waals surface area contributed by atoms with Crippen LogP contribution in [-0.2, 0) is 9.53 Å². The van der Waals surface area contributed by atoms with Gasteiger partial charge < -0.3 is 0 Å². The number of carbonyl (C=O) groups is 1. The van der Waals surface area contributed by atoms with Gasteiger partial charge in [0.2, 0.25) is 0 Å². The van der Waals surface area contributed by atoms with Gasteiger partial charge in [-0.05, 0) is 0 Å². The molecule has 1 N–H and O–H groups in total. The predicted molar refractivity (Wildman–Crippen MR) is 26.4 cm³/mol. The third kappa shape index (κ3) is 1.54. The maximum atomic E-state index is 10.5. The Morgan fingerprint density at radius 3 is 2.78 bits per heavy atom. The second kappa shape index (κ2) is 2.42. The number of aliphatic hydroxyl groups is 1. The molecule has 0 saturated carbocycles. The zero-order chi connectivity index (χ0) is 6.91. The first-order valence-corrected chi connectivity index (χ1v) is 5.78. The molecule has 0 bridgehead atoms. The van der Waals surface area contributed by atoms with Crippen LogP contribution in [0.3, 0.4) is 0 Å².